The Labute approximate surface area is 89.9 Å². The molecule has 0 radical (unpaired) electrons. The Morgan fingerprint density at radius 3 is 2.93 bits per heavy atom. The number of rotatable bonds is 2. The number of nitrogens with zero attached hydrogens (tertiary/aromatic N) is 1. The van der Waals surface area contributed by atoms with Crippen molar-refractivity contribution in [3.63, 3.8) is 0 Å². The maximum atomic E-state index is 13.2. The van der Waals surface area contributed by atoms with Crippen molar-refractivity contribution in [2.24, 2.45) is 5.92 Å². The molecule has 1 atom stereocenters. The zero-order chi connectivity index (χ0) is 10.8. The van der Waals surface area contributed by atoms with Gasteiger partial charge in [-0.25, -0.2) is 4.39 Å². The molecule has 0 aromatic heterocycles. The number of halogens is 1. The molecule has 0 aliphatic carbocycles. The number of nitrogens with two attached hydrogens (primary N) is 1. The van der Waals surface area contributed by atoms with E-state index in [-0.39, 0.29) is 11.5 Å². The van der Waals surface area contributed by atoms with Crippen molar-refractivity contribution in [1.82, 2.24) is 4.90 Å². The summed E-state index contributed by atoms with van der Waals surface area (Å²) in [7, 11) is 0. The SMILES string of the molecule is CC1CCN(Cc2ccc(N)c(F)c2)C1. The number of likely N-dealkylation sites (tertiary alicyclic amines) is 1. The minimum absolute atomic E-state index is 0.230. The molecule has 1 unspecified atom stereocenters. The standard InChI is InChI=1S/C12H17FN2/c1-9-4-5-15(7-9)8-10-2-3-12(14)11(13)6-10/h2-3,6,9H,4-5,7-8,14H2,1H3. The summed E-state index contributed by atoms with van der Waals surface area (Å²) in [6.07, 6.45) is 1.25. The summed E-state index contributed by atoms with van der Waals surface area (Å²) in [5.41, 5.74) is 6.67. The van der Waals surface area contributed by atoms with Gasteiger partial charge in [-0.05, 0) is 36.6 Å². The summed E-state index contributed by atoms with van der Waals surface area (Å²) in [6.45, 7) is 5.32. The van der Waals surface area contributed by atoms with E-state index in [1.54, 1.807) is 12.1 Å². The average molecular weight is 208 g/mol. The van der Waals surface area contributed by atoms with E-state index >= 15 is 0 Å². The summed E-state index contributed by atoms with van der Waals surface area (Å²) in [6, 6.07) is 5.09. The molecule has 2 N–H and O–H groups in total. The van der Waals surface area contributed by atoms with Crippen molar-refractivity contribution in [3.05, 3.63) is 29.6 Å². The first-order valence-corrected chi connectivity index (χ1v) is 5.41. The van der Waals surface area contributed by atoms with Gasteiger partial charge in [0.1, 0.15) is 5.82 Å². The Morgan fingerprint density at radius 1 is 1.53 bits per heavy atom. The van der Waals surface area contributed by atoms with E-state index in [0.29, 0.717) is 0 Å². The zero-order valence-corrected chi connectivity index (χ0v) is 9.04. The van der Waals surface area contributed by atoms with E-state index < -0.39 is 0 Å². The number of anilines is 1. The Bertz CT molecular complexity index is 351. The maximum absolute atomic E-state index is 13.2. The fraction of sp³-hybridized carbons (Fsp3) is 0.500. The number of benzene rings is 1. The van der Waals surface area contributed by atoms with Gasteiger partial charge < -0.3 is 5.73 Å². The van der Waals surface area contributed by atoms with Crippen LogP contribution in [0.25, 0.3) is 0 Å². The molecule has 1 aliphatic heterocycles. The van der Waals surface area contributed by atoms with E-state index in [9.17, 15) is 4.39 Å². The minimum Gasteiger partial charge on any atom is -0.396 e. The Morgan fingerprint density at radius 2 is 2.33 bits per heavy atom. The molecule has 15 heavy (non-hydrogen) atoms. The Kier molecular flexibility index (Phi) is 2.91. The highest BCUT2D eigenvalue weighted by molar-refractivity contribution is 5.41. The van der Waals surface area contributed by atoms with Crippen molar-refractivity contribution in [2.75, 3.05) is 18.8 Å². The zero-order valence-electron chi connectivity index (χ0n) is 9.04. The van der Waals surface area contributed by atoms with Gasteiger partial charge in [-0.15, -0.1) is 0 Å². The second kappa shape index (κ2) is 4.19. The topological polar surface area (TPSA) is 29.3 Å². The number of nitrogen functional groups attached to an aromatic ring is 1. The predicted molar refractivity (Wildman–Crippen MR) is 59.9 cm³/mol. The first kappa shape index (κ1) is 10.4. The third kappa shape index (κ3) is 2.48. The van der Waals surface area contributed by atoms with Crippen LogP contribution in [-0.4, -0.2) is 18.0 Å². The fourth-order valence-electron chi connectivity index (χ4n) is 2.10. The van der Waals surface area contributed by atoms with Crippen LogP contribution in [-0.2, 0) is 6.54 Å². The van der Waals surface area contributed by atoms with Gasteiger partial charge in [0.05, 0.1) is 5.69 Å². The van der Waals surface area contributed by atoms with Crippen LogP contribution < -0.4 is 5.73 Å². The van der Waals surface area contributed by atoms with E-state index in [2.05, 4.69) is 11.8 Å². The molecule has 1 aliphatic rings. The highest BCUT2D eigenvalue weighted by Crippen LogP contribution is 2.19. The molecule has 1 saturated heterocycles. The molecular formula is C12H17FN2. The van der Waals surface area contributed by atoms with Crippen molar-refractivity contribution in [3.8, 4) is 0 Å². The van der Waals surface area contributed by atoms with Gasteiger partial charge >= 0.3 is 0 Å². The second-order valence-corrected chi connectivity index (χ2v) is 4.48. The molecule has 2 rings (SSSR count). The van der Waals surface area contributed by atoms with E-state index in [0.717, 1.165) is 31.1 Å². The summed E-state index contributed by atoms with van der Waals surface area (Å²) in [4.78, 5) is 2.36. The average Bonchev–Trinajstić information content (AvgIpc) is 2.58. The molecule has 82 valence electrons. The van der Waals surface area contributed by atoms with Crippen LogP contribution in [0.1, 0.15) is 18.9 Å². The molecule has 1 aromatic carbocycles. The summed E-state index contributed by atoms with van der Waals surface area (Å²) in [5.74, 6) is 0.461. The van der Waals surface area contributed by atoms with Gasteiger partial charge in [-0.3, -0.25) is 4.90 Å². The fourth-order valence-corrected chi connectivity index (χ4v) is 2.10. The van der Waals surface area contributed by atoms with Crippen molar-refractivity contribution >= 4 is 5.69 Å². The van der Waals surface area contributed by atoms with Crippen LogP contribution in [0, 0.1) is 11.7 Å². The van der Waals surface area contributed by atoms with E-state index in [1.165, 1.54) is 6.42 Å². The normalized spacial score (nSPS) is 22.1. The molecule has 2 nitrogen and oxygen atoms in total. The van der Waals surface area contributed by atoms with Crippen LogP contribution in [0.4, 0.5) is 10.1 Å². The lowest BCUT2D eigenvalue weighted by Gasteiger charge is -2.15. The molecule has 0 amide bonds. The van der Waals surface area contributed by atoms with Gasteiger partial charge in [-0.1, -0.05) is 13.0 Å². The van der Waals surface area contributed by atoms with Crippen LogP contribution in [0.3, 0.4) is 0 Å². The number of hydrogen-bond acceptors (Lipinski definition) is 2. The van der Waals surface area contributed by atoms with Gasteiger partial charge in [-0.2, -0.15) is 0 Å². The first-order chi connectivity index (χ1) is 7.15. The summed E-state index contributed by atoms with van der Waals surface area (Å²) in [5, 5.41) is 0. The smallest absolute Gasteiger partial charge is 0.146 e. The predicted octanol–water partition coefficient (Wildman–Crippen LogP) is 2.25. The first-order valence-electron chi connectivity index (χ1n) is 5.41. The van der Waals surface area contributed by atoms with Crippen LogP contribution in [0.5, 0.6) is 0 Å². The van der Waals surface area contributed by atoms with Crippen LogP contribution in [0.2, 0.25) is 0 Å². The van der Waals surface area contributed by atoms with Crippen molar-refractivity contribution < 1.29 is 4.39 Å². The molecule has 1 aromatic rings. The lowest BCUT2D eigenvalue weighted by Crippen LogP contribution is -2.19. The Hall–Kier alpha value is -1.09. The highest BCUT2D eigenvalue weighted by Gasteiger charge is 2.18. The molecule has 1 heterocycles. The van der Waals surface area contributed by atoms with Gasteiger partial charge in [0.25, 0.3) is 0 Å². The largest absolute Gasteiger partial charge is 0.396 e. The lowest BCUT2D eigenvalue weighted by atomic mass is 10.2. The summed E-state index contributed by atoms with van der Waals surface area (Å²) >= 11 is 0. The third-order valence-corrected chi connectivity index (χ3v) is 2.98. The van der Waals surface area contributed by atoms with Crippen LogP contribution in [0.15, 0.2) is 18.2 Å². The molecule has 1 fully saturated rings. The monoisotopic (exact) mass is 208 g/mol. The third-order valence-electron chi connectivity index (χ3n) is 2.98. The Balaban J connectivity index is 2.02. The van der Waals surface area contributed by atoms with Crippen LogP contribution >= 0.6 is 0 Å². The van der Waals surface area contributed by atoms with Gasteiger partial charge in [0.2, 0.25) is 0 Å². The number of hydrogen-bond donors (Lipinski definition) is 1. The van der Waals surface area contributed by atoms with Crippen molar-refractivity contribution in [2.45, 2.75) is 19.9 Å². The molecule has 0 spiro atoms. The summed E-state index contributed by atoms with van der Waals surface area (Å²) < 4.78 is 13.2. The molecule has 0 bridgehead atoms. The van der Waals surface area contributed by atoms with Crippen molar-refractivity contribution in [1.29, 1.82) is 0 Å². The van der Waals surface area contributed by atoms with Gasteiger partial charge in [0, 0.05) is 13.1 Å². The molecule has 3 heteroatoms. The second-order valence-electron chi connectivity index (χ2n) is 4.48. The van der Waals surface area contributed by atoms with E-state index in [1.807, 2.05) is 6.07 Å². The molecule has 0 saturated carbocycles. The van der Waals surface area contributed by atoms with Gasteiger partial charge in [0.15, 0.2) is 0 Å². The van der Waals surface area contributed by atoms with E-state index in [4.69, 9.17) is 5.73 Å². The molecular weight excluding hydrogens is 191 g/mol. The lowest BCUT2D eigenvalue weighted by molar-refractivity contribution is 0.320. The maximum Gasteiger partial charge on any atom is 0.146 e. The quantitative estimate of drug-likeness (QED) is 0.755. The highest BCUT2D eigenvalue weighted by atomic mass is 19.1. The minimum atomic E-state index is -0.306.